The van der Waals surface area contributed by atoms with E-state index in [1.165, 1.54) is 27.9 Å². The number of hydrogen-bond donors (Lipinski definition) is 0. The zero-order valence-electron chi connectivity index (χ0n) is 12.7. The van der Waals surface area contributed by atoms with Gasteiger partial charge in [0.25, 0.3) is 0 Å². The van der Waals surface area contributed by atoms with Gasteiger partial charge in [-0.3, -0.25) is 14.4 Å². The first kappa shape index (κ1) is 19.1. The quantitative estimate of drug-likeness (QED) is 0.271. The van der Waals surface area contributed by atoms with Crippen LogP contribution in [0.15, 0.2) is 0 Å². The molecule has 1 heterocycles. The second-order valence-electron chi connectivity index (χ2n) is 4.67. The zero-order valence-corrected chi connectivity index (χ0v) is 14.9. The van der Waals surface area contributed by atoms with Crippen molar-refractivity contribution >= 4 is 40.5 Å². The summed E-state index contributed by atoms with van der Waals surface area (Å²) in [5, 5.41) is 0. The summed E-state index contributed by atoms with van der Waals surface area (Å²) in [7, 11) is 1.38. The molecule has 1 saturated heterocycles. The molecule has 5 atom stereocenters. The third-order valence-electron chi connectivity index (χ3n) is 2.86. The Kier molecular flexibility index (Phi) is 7.49. The Hall–Kier alpha value is -0.940. The minimum atomic E-state index is -0.931. The van der Waals surface area contributed by atoms with Gasteiger partial charge in [0, 0.05) is 27.9 Å². The molecular formula is C13H19IO8. The van der Waals surface area contributed by atoms with Gasteiger partial charge in [-0.05, 0) is 0 Å². The normalized spacial score (nSPS) is 31.2. The predicted octanol–water partition coefficient (Wildman–Crippen LogP) is 0.588. The molecule has 9 heteroatoms. The van der Waals surface area contributed by atoms with Crippen LogP contribution in [-0.2, 0) is 38.1 Å². The second-order valence-corrected chi connectivity index (χ2v) is 6.11. The Bertz CT molecular complexity index is 426. The number of methoxy groups -OCH3 is 1. The van der Waals surface area contributed by atoms with E-state index in [0.29, 0.717) is 0 Å². The van der Waals surface area contributed by atoms with Crippen molar-refractivity contribution in [3.63, 3.8) is 0 Å². The summed E-state index contributed by atoms with van der Waals surface area (Å²) in [6.45, 7) is 3.76. The summed E-state index contributed by atoms with van der Waals surface area (Å²) in [5.74, 6) is -1.52. The molecule has 0 aromatic carbocycles. The highest BCUT2D eigenvalue weighted by atomic mass is 127. The first-order valence-corrected chi connectivity index (χ1v) is 7.81. The van der Waals surface area contributed by atoms with Gasteiger partial charge in [0.05, 0.1) is 3.92 Å². The second kappa shape index (κ2) is 8.63. The van der Waals surface area contributed by atoms with Crippen LogP contribution < -0.4 is 0 Å². The predicted molar refractivity (Wildman–Crippen MR) is 81.2 cm³/mol. The van der Waals surface area contributed by atoms with Gasteiger partial charge in [0.15, 0.2) is 18.5 Å². The van der Waals surface area contributed by atoms with Crippen LogP contribution in [0.25, 0.3) is 0 Å². The molecule has 1 fully saturated rings. The molecule has 1 aliphatic rings. The van der Waals surface area contributed by atoms with Crippen LogP contribution in [0.5, 0.6) is 0 Å². The summed E-state index contributed by atoms with van der Waals surface area (Å²) in [4.78, 5) is 33.5. The van der Waals surface area contributed by atoms with Gasteiger partial charge in [-0.2, -0.15) is 0 Å². The highest BCUT2D eigenvalue weighted by Gasteiger charge is 2.49. The number of rotatable bonds is 5. The maximum atomic E-state index is 11.3. The first-order chi connectivity index (χ1) is 10.3. The van der Waals surface area contributed by atoms with Crippen molar-refractivity contribution < 1.29 is 38.1 Å². The van der Waals surface area contributed by atoms with Crippen molar-refractivity contribution in [2.24, 2.45) is 0 Å². The average molecular weight is 430 g/mol. The number of carbonyl (C=O) groups is 3. The molecule has 126 valence electrons. The molecule has 0 saturated carbocycles. The topological polar surface area (TPSA) is 97.4 Å². The lowest BCUT2D eigenvalue weighted by atomic mass is 10.0. The van der Waals surface area contributed by atoms with Gasteiger partial charge in [-0.25, -0.2) is 0 Å². The van der Waals surface area contributed by atoms with E-state index in [-0.39, 0.29) is 6.61 Å². The summed E-state index contributed by atoms with van der Waals surface area (Å²) in [5.41, 5.74) is 0. The number of esters is 3. The standard InChI is InChI=1S/C13H19IO8/c1-6(15)19-5-9-10(14)11(20-7(2)16)12(21-8(3)17)13(18-4)22-9/h9-13H,5H2,1-4H3. The molecule has 0 aromatic rings. The Balaban J connectivity index is 2.95. The highest BCUT2D eigenvalue weighted by molar-refractivity contribution is 14.1. The summed E-state index contributed by atoms with van der Waals surface area (Å²) in [6, 6.07) is 0. The van der Waals surface area contributed by atoms with Crippen LogP contribution in [0.2, 0.25) is 0 Å². The van der Waals surface area contributed by atoms with E-state index in [1.54, 1.807) is 0 Å². The maximum absolute atomic E-state index is 11.3. The lowest BCUT2D eigenvalue weighted by molar-refractivity contribution is -0.267. The smallest absolute Gasteiger partial charge is 0.303 e. The van der Waals surface area contributed by atoms with Crippen molar-refractivity contribution in [3.8, 4) is 0 Å². The largest absolute Gasteiger partial charge is 0.463 e. The monoisotopic (exact) mass is 430 g/mol. The van der Waals surface area contributed by atoms with Gasteiger partial charge in [-0.1, -0.05) is 22.6 Å². The Morgan fingerprint density at radius 3 is 2.00 bits per heavy atom. The molecule has 1 rings (SSSR count). The van der Waals surface area contributed by atoms with Crippen molar-refractivity contribution in [1.29, 1.82) is 0 Å². The van der Waals surface area contributed by atoms with Gasteiger partial charge in [0.1, 0.15) is 12.7 Å². The van der Waals surface area contributed by atoms with Gasteiger partial charge in [0.2, 0.25) is 0 Å². The van der Waals surface area contributed by atoms with E-state index in [2.05, 4.69) is 0 Å². The molecule has 0 N–H and O–H groups in total. The SMILES string of the molecule is COC1OC(COC(C)=O)C(I)C(OC(C)=O)C1OC(C)=O. The van der Waals surface area contributed by atoms with Crippen molar-refractivity contribution in [3.05, 3.63) is 0 Å². The van der Waals surface area contributed by atoms with Gasteiger partial charge < -0.3 is 23.7 Å². The number of carbonyl (C=O) groups excluding carboxylic acids is 3. The molecular weight excluding hydrogens is 411 g/mol. The lowest BCUT2D eigenvalue weighted by Crippen LogP contribution is -2.59. The number of ether oxygens (including phenoxy) is 5. The lowest BCUT2D eigenvalue weighted by Gasteiger charge is -2.42. The van der Waals surface area contributed by atoms with Gasteiger partial charge >= 0.3 is 17.9 Å². The Morgan fingerprint density at radius 2 is 1.55 bits per heavy atom. The Labute approximate surface area is 141 Å². The van der Waals surface area contributed by atoms with Crippen LogP contribution in [0.4, 0.5) is 0 Å². The van der Waals surface area contributed by atoms with Crippen molar-refractivity contribution in [1.82, 2.24) is 0 Å². The number of hydrogen-bond acceptors (Lipinski definition) is 8. The zero-order chi connectivity index (χ0) is 16.9. The minimum absolute atomic E-state index is 0.0205. The van der Waals surface area contributed by atoms with E-state index in [1.807, 2.05) is 22.6 Å². The fourth-order valence-corrected chi connectivity index (χ4v) is 2.96. The van der Waals surface area contributed by atoms with Crippen molar-refractivity contribution in [2.45, 2.75) is 49.3 Å². The Morgan fingerprint density at radius 1 is 1.00 bits per heavy atom. The number of halogens is 1. The van der Waals surface area contributed by atoms with Gasteiger partial charge in [-0.15, -0.1) is 0 Å². The molecule has 1 aliphatic heterocycles. The van der Waals surface area contributed by atoms with Crippen LogP contribution >= 0.6 is 22.6 Å². The third-order valence-corrected chi connectivity index (χ3v) is 4.37. The van der Waals surface area contributed by atoms with E-state index >= 15 is 0 Å². The molecule has 0 radical (unpaired) electrons. The van der Waals surface area contributed by atoms with Crippen LogP contribution in [-0.4, -0.2) is 60.2 Å². The minimum Gasteiger partial charge on any atom is -0.463 e. The third kappa shape index (κ3) is 5.36. The summed E-state index contributed by atoms with van der Waals surface area (Å²) in [6.07, 6.45) is -3.17. The molecule has 0 aromatic heterocycles. The summed E-state index contributed by atoms with van der Waals surface area (Å²) < 4.78 is 25.8. The van der Waals surface area contributed by atoms with E-state index in [9.17, 15) is 14.4 Å². The fourth-order valence-electron chi connectivity index (χ4n) is 2.03. The average Bonchev–Trinajstić information content (AvgIpc) is 2.41. The maximum Gasteiger partial charge on any atom is 0.303 e. The van der Waals surface area contributed by atoms with E-state index in [0.717, 1.165) is 0 Å². The van der Waals surface area contributed by atoms with Crippen LogP contribution in [0.1, 0.15) is 20.8 Å². The highest BCUT2D eigenvalue weighted by Crippen LogP contribution is 2.31. The molecule has 0 aliphatic carbocycles. The van der Waals surface area contributed by atoms with E-state index in [4.69, 9.17) is 23.7 Å². The molecule has 5 unspecified atom stereocenters. The fraction of sp³-hybridized carbons (Fsp3) is 0.769. The first-order valence-electron chi connectivity index (χ1n) is 6.56. The van der Waals surface area contributed by atoms with Crippen LogP contribution in [0.3, 0.4) is 0 Å². The molecule has 22 heavy (non-hydrogen) atoms. The molecule has 0 spiro atoms. The molecule has 0 bridgehead atoms. The van der Waals surface area contributed by atoms with Crippen LogP contribution in [0, 0.1) is 0 Å². The summed E-state index contributed by atoms with van der Waals surface area (Å²) >= 11 is 2.01. The molecule has 0 amide bonds. The van der Waals surface area contributed by atoms with Crippen molar-refractivity contribution in [2.75, 3.05) is 13.7 Å². The number of alkyl halides is 1. The van der Waals surface area contributed by atoms with E-state index < -0.39 is 46.4 Å². The molecule has 8 nitrogen and oxygen atoms in total.